The Morgan fingerprint density at radius 3 is 2.59 bits per heavy atom. The third-order valence-corrected chi connectivity index (χ3v) is 5.72. The number of H-pyrrole nitrogens is 1. The first-order valence-corrected chi connectivity index (χ1v) is 10.2. The molecule has 1 amide bonds. The molecule has 32 heavy (non-hydrogen) atoms. The molecule has 1 aliphatic rings. The number of nitro groups is 1. The van der Waals surface area contributed by atoms with E-state index in [0.29, 0.717) is 13.1 Å². The summed E-state index contributed by atoms with van der Waals surface area (Å²) >= 11 is 0. The SMILES string of the molecule is COc1cc(C(=O)N2CCCC(c3nc4ccccc4[nH]3)C2)c([N+](=O)[O-])c(OC)c1OC. The number of carbonyl (C=O) groups excluding carboxylic acids is 1. The number of piperidine rings is 1. The van der Waals surface area contributed by atoms with E-state index in [9.17, 15) is 14.9 Å². The summed E-state index contributed by atoms with van der Waals surface area (Å²) in [5.41, 5.74) is 1.26. The maximum absolute atomic E-state index is 13.4. The van der Waals surface area contributed by atoms with Crippen molar-refractivity contribution in [3.63, 3.8) is 0 Å². The number of benzene rings is 2. The number of ether oxygens (including phenoxy) is 3. The zero-order chi connectivity index (χ0) is 22.8. The summed E-state index contributed by atoms with van der Waals surface area (Å²) in [6.07, 6.45) is 1.62. The lowest BCUT2D eigenvalue weighted by Crippen LogP contribution is -2.39. The fourth-order valence-corrected chi connectivity index (χ4v) is 4.21. The molecule has 1 fully saturated rings. The maximum Gasteiger partial charge on any atom is 0.327 e. The Balaban J connectivity index is 1.69. The van der Waals surface area contributed by atoms with Crippen molar-refractivity contribution in [2.45, 2.75) is 18.8 Å². The molecule has 4 rings (SSSR count). The number of amides is 1. The number of aromatic nitrogens is 2. The molecule has 0 saturated carbocycles. The molecule has 10 heteroatoms. The molecule has 1 saturated heterocycles. The van der Waals surface area contributed by atoms with Crippen LogP contribution in [0.15, 0.2) is 30.3 Å². The Hall–Kier alpha value is -3.82. The van der Waals surface area contributed by atoms with Gasteiger partial charge >= 0.3 is 5.69 Å². The number of nitrogens with zero attached hydrogens (tertiary/aromatic N) is 3. The van der Waals surface area contributed by atoms with E-state index < -0.39 is 16.5 Å². The molecule has 2 aromatic carbocycles. The van der Waals surface area contributed by atoms with Gasteiger partial charge in [0, 0.05) is 25.1 Å². The van der Waals surface area contributed by atoms with E-state index in [-0.39, 0.29) is 28.7 Å². The van der Waals surface area contributed by atoms with Gasteiger partial charge in [0.15, 0.2) is 5.75 Å². The Kier molecular flexibility index (Phi) is 5.85. The minimum Gasteiger partial charge on any atom is -0.493 e. The molecule has 0 spiro atoms. The molecule has 1 unspecified atom stereocenters. The van der Waals surface area contributed by atoms with Crippen molar-refractivity contribution < 1.29 is 23.9 Å². The summed E-state index contributed by atoms with van der Waals surface area (Å²) < 4.78 is 15.8. The molecule has 168 valence electrons. The third kappa shape index (κ3) is 3.68. The smallest absolute Gasteiger partial charge is 0.327 e. The van der Waals surface area contributed by atoms with Gasteiger partial charge in [-0.1, -0.05) is 12.1 Å². The largest absolute Gasteiger partial charge is 0.493 e. The van der Waals surface area contributed by atoms with Crippen LogP contribution < -0.4 is 14.2 Å². The first kappa shape index (κ1) is 21.4. The molecule has 1 N–H and O–H groups in total. The second-order valence-corrected chi connectivity index (χ2v) is 7.53. The van der Waals surface area contributed by atoms with Crippen LogP contribution in [-0.4, -0.2) is 60.1 Å². The maximum atomic E-state index is 13.4. The number of para-hydroxylation sites is 2. The number of imidazole rings is 1. The number of nitro benzene ring substituents is 1. The number of aromatic amines is 1. The zero-order valence-electron chi connectivity index (χ0n) is 18.1. The molecule has 1 atom stereocenters. The molecule has 3 aromatic rings. The van der Waals surface area contributed by atoms with Gasteiger partial charge in [0.25, 0.3) is 5.91 Å². The highest BCUT2D eigenvalue weighted by Crippen LogP contribution is 2.46. The number of fused-ring (bicyclic) bond motifs is 1. The fraction of sp³-hybridized carbons (Fsp3) is 0.364. The van der Waals surface area contributed by atoms with E-state index in [0.717, 1.165) is 29.7 Å². The minimum absolute atomic E-state index is 0.00111. The predicted molar refractivity (Wildman–Crippen MR) is 117 cm³/mol. The number of methoxy groups -OCH3 is 3. The Labute approximate surface area is 184 Å². The number of hydrogen-bond donors (Lipinski definition) is 1. The predicted octanol–water partition coefficient (Wildman–Crippen LogP) is 3.52. The van der Waals surface area contributed by atoms with Crippen molar-refractivity contribution in [1.82, 2.24) is 14.9 Å². The monoisotopic (exact) mass is 440 g/mol. The van der Waals surface area contributed by atoms with Crippen LogP contribution in [0.1, 0.15) is 34.9 Å². The highest BCUT2D eigenvalue weighted by atomic mass is 16.6. The van der Waals surface area contributed by atoms with E-state index in [4.69, 9.17) is 14.2 Å². The van der Waals surface area contributed by atoms with Gasteiger partial charge < -0.3 is 24.1 Å². The molecule has 0 aliphatic carbocycles. The van der Waals surface area contributed by atoms with Gasteiger partial charge in [-0.25, -0.2) is 4.98 Å². The van der Waals surface area contributed by atoms with Crippen LogP contribution in [0, 0.1) is 10.1 Å². The molecular formula is C22H24N4O6. The van der Waals surface area contributed by atoms with E-state index in [1.165, 1.54) is 27.4 Å². The molecule has 1 aromatic heterocycles. The van der Waals surface area contributed by atoms with Crippen molar-refractivity contribution in [2.24, 2.45) is 0 Å². The lowest BCUT2D eigenvalue weighted by molar-refractivity contribution is -0.386. The average molecular weight is 440 g/mol. The van der Waals surface area contributed by atoms with E-state index in [1.54, 1.807) is 4.90 Å². The second kappa shape index (κ2) is 8.74. The molecular weight excluding hydrogens is 416 g/mol. The van der Waals surface area contributed by atoms with Crippen LogP contribution in [0.25, 0.3) is 11.0 Å². The molecule has 0 radical (unpaired) electrons. The summed E-state index contributed by atoms with van der Waals surface area (Å²) in [7, 11) is 4.04. The van der Waals surface area contributed by atoms with Gasteiger partial charge in [-0.15, -0.1) is 0 Å². The Morgan fingerprint density at radius 2 is 1.94 bits per heavy atom. The van der Waals surface area contributed by atoms with E-state index in [2.05, 4.69) is 9.97 Å². The summed E-state index contributed by atoms with van der Waals surface area (Å²) in [6, 6.07) is 9.08. The Bertz CT molecular complexity index is 1140. The van der Waals surface area contributed by atoms with Crippen LogP contribution in [0.3, 0.4) is 0 Å². The van der Waals surface area contributed by atoms with E-state index >= 15 is 0 Å². The summed E-state index contributed by atoms with van der Waals surface area (Å²) in [4.78, 5) is 34.3. The van der Waals surface area contributed by atoms with Crippen LogP contribution in [0.2, 0.25) is 0 Å². The third-order valence-electron chi connectivity index (χ3n) is 5.72. The van der Waals surface area contributed by atoms with Crippen molar-refractivity contribution >= 4 is 22.6 Å². The lowest BCUT2D eigenvalue weighted by Gasteiger charge is -2.32. The summed E-state index contributed by atoms with van der Waals surface area (Å²) in [5.74, 6) is 0.452. The number of likely N-dealkylation sites (tertiary alicyclic amines) is 1. The number of carbonyl (C=O) groups is 1. The highest BCUT2D eigenvalue weighted by Gasteiger charge is 2.36. The second-order valence-electron chi connectivity index (χ2n) is 7.53. The van der Waals surface area contributed by atoms with Gasteiger partial charge in [0.05, 0.1) is 37.3 Å². The molecule has 0 bridgehead atoms. The van der Waals surface area contributed by atoms with Gasteiger partial charge in [0.1, 0.15) is 11.4 Å². The number of hydrogen-bond acceptors (Lipinski definition) is 7. The highest BCUT2D eigenvalue weighted by molar-refractivity contribution is 6.00. The normalized spacial score (nSPS) is 16.1. The molecule has 1 aliphatic heterocycles. The quantitative estimate of drug-likeness (QED) is 0.460. The van der Waals surface area contributed by atoms with Crippen molar-refractivity contribution in [2.75, 3.05) is 34.4 Å². The van der Waals surface area contributed by atoms with Crippen LogP contribution in [-0.2, 0) is 0 Å². The van der Waals surface area contributed by atoms with Crippen LogP contribution in [0.5, 0.6) is 17.2 Å². The van der Waals surface area contributed by atoms with E-state index in [1.807, 2.05) is 24.3 Å². The van der Waals surface area contributed by atoms with Crippen LogP contribution >= 0.6 is 0 Å². The van der Waals surface area contributed by atoms with Gasteiger partial charge in [-0.05, 0) is 25.0 Å². The first-order valence-electron chi connectivity index (χ1n) is 10.2. The summed E-state index contributed by atoms with van der Waals surface area (Å²) in [5, 5.41) is 11.9. The zero-order valence-corrected chi connectivity index (χ0v) is 18.1. The van der Waals surface area contributed by atoms with Gasteiger partial charge in [-0.3, -0.25) is 14.9 Å². The van der Waals surface area contributed by atoms with Crippen molar-refractivity contribution in [3.05, 3.63) is 51.8 Å². The molecule has 2 heterocycles. The van der Waals surface area contributed by atoms with Gasteiger partial charge in [-0.2, -0.15) is 0 Å². The van der Waals surface area contributed by atoms with Gasteiger partial charge in [0.2, 0.25) is 11.5 Å². The first-order chi connectivity index (χ1) is 15.5. The standard InChI is InChI=1S/C22H24N4O6/c1-30-17-11-14(18(26(28)29)20(32-3)19(17)31-2)22(27)25-10-6-7-13(12-25)21-23-15-8-4-5-9-16(15)24-21/h4-5,8-9,11,13H,6-7,10,12H2,1-3H3,(H,23,24). The number of nitrogens with one attached hydrogen (secondary N) is 1. The van der Waals surface area contributed by atoms with Crippen molar-refractivity contribution in [1.29, 1.82) is 0 Å². The van der Waals surface area contributed by atoms with Crippen molar-refractivity contribution in [3.8, 4) is 17.2 Å². The van der Waals surface area contributed by atoms with Crippen LogP contribution in [0.4, 0.5) is 5.69 Å². The minimum atomic E-state index is -0.630. The number of rotatable bonds is 6. The Morgan fingerprint density at radius 1 is 1.19 bits per heavy atom. The average Bonchev–Trinajstić information content (AvgIpc) is 3.26. The lowest BCUT2D eigenvalue weighted by atomic mass is 9.96. The fourth-order valence-electron chi connectivity index (χ4n) is 4.21. The summed E-state index contributed by atoms with van der Waals surface area (Å²) in [6.45, 7) is 0.885. The molecule has 10 nitrogen and oxygen atoms in total. The topological polar surface area (TPSA) is 120 Å².